The van der Waals surface area contributed by atoms with Gasteiger partial charge >= 0.3 is 0 Å². The Labute approximate surface area is 198 Å². The maximum absolute atomic E-state index is 13.0. The number of aryl methyl sites for hydroxylation is 1. The number of hydrogen-bond donors (Lipinski definition) is 1. The molecular formula is C26H26ClN3O3. The highest BCUT2D eigenvalue weighted by Gasteiger charge is 2.25. The van der Waals surface area contributed by atoms with E-state index in [1.165, 1.54) is 7.11 Å². The molecule has 6 nitrogen and oxygen atoms in total. The fraction of sp³-hybridized carbons (Fsp3) is 0.231. The molecule has 1 aliphatic rings. The molecule has 0 radical (unpaired) electrons. The number of methoxy groups -OCH3 is 1. The van der Waals surface area contributed by atoms with E-state index in [0.29, 0.717) is 53.8 Å². The van der Waals surface area contributed by atoms with Crippen LogP contribution in [0, 0.1) is 6.92 Å². The Morgan fingerprint density at radius 2 is 1.61 bits per heavy atom. The summed E-state index contributed by atoms with van der Waals surface area (Å²) in [7, 11) is 1.54. The van der Waals surface area contributed by atoms with E-state index >= 15 is 0 Å². The second kappa shape index (κ2) is 9.96. The predicted octanol–water partition coefficient (Wildman–Crippen LogP) is 4.87. The van der Waals surface area contributed by atoms with Gasteiger partial charge in [-0.15, -0.1) is 0 Å². The van der Waals surface area contributed by atoms with E-state index in [0.717, 1.165) is 11.3 Å². The molecule has 0 saturated carbocycles. The number of carbonyl (C=O) groups is 2. The number of amides is 2. The Hall–Kier alpha value is -3.51. The molecule has 0 bridgehead atoms. The number of benzene rings is 3. The first-order chi connectivity index (χ1) is 16.0. The van der Waals surface area contributed by atoms with E-state index in [1.54, 1.807) is 30.3 Å². The van der Waals surface area contributed by atoms with Crippen molar-refractivity contribution in [3.05, 3.63) is 88.4 Å². The largest absolute Gasteiger partial charge is 0.496 e. The van der Waals surface area contributed by atoms with Gasteiger partial charge in [-0.3, -0.25) is 9.59 Å². The maximum atomic E-state index is 13.0. The minimum absolute atomic E-state index is 0.0264. The van der Waals surface area contributed by atoms with Crippen molar-refractivity contribution in [1.82, 2.24) is 4.90 Å². The van der Waals surface area contributed by atoms with Crippen molar-refractivity contribution in [2.75, 3.05) is 43.5 Å². The van der Waals surface area contributed by atoms with Crippen LogP contribution < -0.4 is 15.0 Å². The fourth-order valence-corrected chi connectivity index (χ4v) is 4.27. The second-order valence-electron chi connectivity index (χ2n) is 7.94. The van der Waals surface area contributed by atoms with E-state index < -0.39 is 0 Å². The van der Waals surface area contributed by atoms with Crippen LogP contribution in [0.2, 0.25) is 5.02 Å². The normalized spacial score (nSPS) is 13.5. The molecule has 33 heavy (non-hydrogen) atoms. The lowest BCUT2D eigenvalue weighted by Crippen LogP contribution is -2.49. The molecule has 4 rings (SSSR count). The Kier molecular flexibility index (Phi) is 6.84. The van der Waals surface area contributed by atoms with Crippen molar-refractivity contribution in [2.45, 2.75) is 6.92 Å². The third-order valence-electron chi connectivity index (χ3n) is 5.77. The summed E-state index contributed by atoms with van der Waals surface area (Å²) in [6.45, 7) is 4.36. The molecule has 1 heterocycles. The summed E-state index contributed by atoms with van der Waals surface area (Å²) in [6, 6.07) is 20.1. The molecule has 1 saturated heterocycles. The third-order valence-corrected chi connectivity index (χ3v) is 6.07. The zero-order chi connectivity index (χ0) is 23.4. The molecule has 7 heteroatoms. The fourth-order valence-electron chi connectivity index (χ4n) is 3.97. The van der Waals surface area contributed by atoms with E-state index in [-0.39, 0.29) is 11.8 Å². The second-order valence-corrected chi connectivity index (χ2v) is 8.34. The van der Waals surface area contributed by atoms with E-state index in [1.807, 2.05) is 48.2 Å². The van der Waals surface area contributed by atoms with Crippen LogP contribution in [0.15, 0.2) is 66.7 Å². The summed E-state index contributed by atoms with van der Waals surface area (Å²) >= 11 is 6.56. The van der Waals surface area contributed by atoms with Crippen LogP contribution in [0.1, 0.15) is 26.3 Å². The number of nitrogens with zero attached hydrogens (tertiary/aromatic N) is 2. The minimum Gasteiger partial charge on any atom is -0.496 e. The third kappa shape index (κ3) is 4.96. The number of anilines is 2. The van der Waals surface area contributed by atoms with Crippen molar-refractivity contribution in [3.8, 4) is 5.75 Å². The lowest BCUT2D eigenvalue weighted by molar-refractivity contribution is 0.0746. The van der Waals surface area contributed by atoms with E-state index in [2.05, 4.69) is 10.2 Å². The molecule has 1 N–H and O–H groups in total. The number of rotatable bonds is 5. The SMILES string of the molecule is COc1ccccc1C(=O)Nc1cccc(Cl)c1N1CCN(C(=O)c2ccc(C)cc2)CC1. The van der Waals surface area contributed by atoms with Crippen molar-refractivity contribution in [2.24, 2.45) is 0 Å². The van der Waals surface area contributed by atoms with Crippen LogP contribution >= 0.6 is 11.6 Å². The van der Waals surface area contributed by atoms with Gasteiger partial charge in [0.05, 0.1) is 29.1 Å². The van der Waals surface area contributed by atoms with Crippen molar-refractivity contribution in [3.63, 3.8) is 0 Å². The molecule has 2 amide bonds. The van der Waals surface area contributed by atoms with Crippen LogP contribution in [-0.4, -0.2) is 50.0 Å². The summed E-state index contributed by atoms with van der Waals surface area (Å²) in [5, 5.41) is 3.53. The van der Waals surface area contributed by atoms with Gasteiger partial charge in [0, 0.05) is 31.7 Å². The molecule has 3 aromatic rings. The highest BCUT2D eigenvalue weighted by Crippen LogP contribution is 2.35. The number of hydrogen-bond acceptors (Lipinski definition) is 4. The Bertz CT molecular complexity index is 1160. The first-order valence-electron chi connectivity index (χ1n) is 10.8. The predicted molar refractivity (Wildman–Crippen MR) is 132 cm³/mol. The van der Waals surface area contributed by atoms with Gasteiger partial charge in [0.2, 0.25) is 0 Å². The Morgan fingerprint density at radius 1 is 0.909 bits per heavy atom. The number of piperazine rings is 1. The zero-order valence-electron chi connectivity index (χ0n) is 18.7. The van der Waals surface area contributed by atoms with Crippen molar-refractivity contribution >= 4 is 34.8 Å². The molecule has 3 aromatic carbocycles. The van der Waals surface area contributed by atoms with E-state index in [9.17, 15) is 9.59 Å². The molecule has 1 fully saturated rings. The van der Waals surface area contributed by atoms with Crippen LogP contribution in [0.3, 0.4) is 0 Å². The van der Waals surface area contributed by atoms with Gasteiger partial charge in [-0.05, 0) is 43.3 Å². The average molecular weight is 464 g/mol. The summed E-state index contributed by atoms with van der Waals surface area (Å²) in [6.07, 6.45) is 0. The summed E-state index contributed by atoms with van der Waals surface area (Å²) in [5.41, 5.74) is 3.63. The first kappa shape index (κ1) is 22.7. The standard InChI is InChI=1S/C26H26ClN3O3/c1-18-10-12-19(13-11-18)26(32)30-16-14-29(15-17-30)24-21(27)7-5-8-22(24)28-25(31)20-6-3-4-9-23(20)33-2/h3-13H,14-17H2,1-2H3,(H,28,31). The number of halogens is 1. The van der Waals surface area contributed by atoms with Gasteiger partial charge in [-0.1, -0.05) is 47.5 Å². The topological polar surface area (TPSA) is 61.9 Å². The zero-order valence-corrected chi connectivity index (χ0v) is 19.4. The van der Waals surface area contributed by atoms with Gasteiger partial charge in [0.25, 0.3) is 11.8 Å². The van der Waals surface area contributed by atoms with Crippen molar-refractivity contribution < 1.29 is 14.3 Å². The van der Waals surface area contributed by atoms with Crippen LogP contribution in [-0.2, 0) is 0 Å². The molecule has 0 unspecified atom stereocenters. The van der Waals surface area contributed by atoms with Gasteiger partial charge in [-0.25, -0.2) is 0 Å². The number of ether oxygens (including phenoxy) is 1. The highest BCUT2D eigenvalue weighted by molar-refractivity contribution is 6.34. The van der Waals surface area contributed by atoms with Gasteiger partial charge in [-0.2, -0.15) is 0 Å². The van der Waals surface area contributed by atoms with Crippen LogP contribution in [0.4, 0.5) is 11.4 Å². The van der Waals surface area contributed by atoms with Crippen LogP contribution in [0.25, 0.3) is 0 Å². The maximum Gasteiger partial charge on any atom is 0.259 e. The number of carbonyl (C=O) groups excluding carboxylic acids is 2. The summed E-state index contributed by atoms with van der Waals surface area (Å²) in [5.74, 6) is 0.254. The molecule has 170 valence electrons. The number of nitrogens with one attached hydrogen (secondary N) is 1. The Balaban J connectivity index is 1.49. The number of para-hydroxylation sites is 2. The molecule has 1 aliphatic heterocycles. The molecule has 0 atom stereocenters. The Morgan fingerprint density at radius 3 is 2.30 bits per heavy atom. The quantitative estimate of drug-likeness (QED) is 0.586. The molecule has 0 aromatic heterocycles. The molecule has 0 spiro atoms. The highest BCUT2D eigenvalue weighted by atomic mass is 35.5. The van der Waals surface area contributed by atoms with E-state index in [4.69, 9.17) is 16.3 Å². The lowest BCUT2D eigenvalue weighted by Gasteiger charge is -2.37. The molecular weight excluding hydrogens is 438 g/mol. The average Bonchev–Trinajstić information content (AvgIpc) is 2.84. The monoisotopic (exact) mass is 463 g/mol. The smallest absolute Gasteiger partial charge is 0.259 e. The minimum atomic E-state index is -0.274. The van der Waals surface area contributed by atoms with Gasteiger partial charge < -0.3 is 19.9 Å². The van der Waals surface area contributed by atoms with Crippen molar-refractivity contribution in [1.29, 1.82) is 0 Å². The summed E-state index contributed by atoms with van der Waals surface area (Å²) in [4.78, 5) is 29.8. The van der Waals surface area contributed by atoms with Gasteiger partial charge in [0.1, 0.15) is 5.75 Å². The lowest BCUT2D eigenvalue weighted by atomic mass is 10.1. The first-order valence-corrected chi connectivity index (χ1v) is 11.2. The van der Waals surface area contributed by atoms with Gasteiger partial charge in [0.15, 0.2) is 0 Å². The summed E-state index contributed by atoms with van der Waals surface area (Å²) < 4.78 is 5.32. The van der Waals surface area contributed by atoms with Crippen LogP contribution in [0.5, 0.6) is 5.75 Å². The molecule has 0 aliphatic carbocycles.